The molecule has 0 bridgehead atoms. The van der Waals surface area contributed by atoms with Crippen LogP contribution in [0.1, 0.15) is 40.0 Å². The molecule has 0 saturated carbocycles. The van der Waals surface area contributed by atoms with Gasteiger partial charge in [-0.3, -0.25) is 0 Å². The molecule has 0 amide bonds. The number of fused-ring (bicyclic) bond motifs is 1. The molecule has 1 aromatic heterocycles. The van der Waals surface area contributed by atoms with Gasteiger partial charge in [-0.2, -0.15) is 9.97 Å². The first-order chi connectivity index (χ1) is 10.9. The minimum absolute atomic E-state index is 0.310. The van der Waals surface area contributed by atoms with Crippen molar-refractivity contribution in [1.29, 1.82) is 0 Å². The minimum atomic E-state index is 0.310. The molecule has 2 aliphatic heterocycles. The van der Waals surface area contributed by atoms with Crippen molar-refractivity contribution in [3.8, 4) is 0 Å². The summed E-state index contributed by atoms with van der Waals surface area (Å²) in [5.74, 6) is 2.87. The molecule has 6 heteroatoms. The van der Waals surface area contributed by atoms with Crippen LogP contribution in [0.2, 0.25) is 0 Å². The van der Waals surface area contributed by atoms with Gasteiger partial charge in [0.2, 0.25) is 5.95 Å². The Hall–Kier alpha value is -1.56. The lowest BCUT2D eigenvalue weighted by Crippen LogP contribution is -2.40. The lowest BCUT2D eigenvalue weighted by Gasteiger charge is -2.24. The number of hydrogen-bond acceptors (Lipinski definition) is 6. The van der Waals surface area contributed by atoms with Gasteiger partial charge in [0.15, 0.2) is 0 Å². The van der Waals surface area contributed by atoms with Crippen LogP contribution < -0.4 is 21.3 Å². The van der Waals surface area contributed by atoms with E-state index in [0.717, 1.165) is 50.2 Å². The second kappa shape index (κ2) is 6.51. The second-order valence-electron chi connectivity index (χ2n) is 8.07. The molecule has 6 nitrogen and oxygen atoms in total. The fourth-order valence-corrected chi connectivity index (χ4v) is 3.50. The highest BCUT2D eigenvalue weighted by molar-refractivity contribution is 5.53. The third-order valence-electron chi connectivity index (χ3n) is 4.83. The Labute approximate surface area is 139 Å². The molecular formula is C17H30N6. The van der Waals surface area contributed by atoms with Crippen molar-refractivity contribution in [2.24, 2.45) is 11.3 Å². The zero-order chi connectivity index (χ0) is 16.4. The van der Waals surface area contributed by atoms with Crippen LogP contribution in [0.15, 0.2) is 6.07 Å². The van der Waals surface area contributed by atoms with E-state index in [2.05, 4.69) is 46.3 Å². The van der Waals surface area contributed by atoms with E-state index in [1.807, 2.05) is 6.07 Å². The number of rotatable bonds is 4. The van der Waals surface area contributed by atoms with Crippen molar-refractivity contribution in [2.45, 2.75) is 46.1 Å². The summed E-state index contributed by atoms with van der Waals surface area (Å²) in [5, 5.41) is 7.02. The SMILES string of the molecule is CC(C)(C)CCNc1cc(N2C[C@H]3CCCN[C@H]3C2)nc(N)n1. The van der Waals surface area contributed by atoms with Crippen LogP contribution in [0, 0.1) is 11.3 Å². The number of anilines is 3. The van der Waals surface area contributed by atoms with Crippen LogP contribution in [0.3, 0.4) is 0 Å². The molecule has 1 aromatic rings. The molecule has 2 fully saturated rings. The van der Waals surface area contributed by atoms with E-state index >= 15 is 0 Å². The molecule has 4 N–H and O–H groups in total. The van der Waals surface area contributed by atoms with E-state index in [4.69, 9.17) is 5.73 Å². The Morgan fingerprint density at radius 3 is 2.91 bits per heavy atom. The highest BCUT2D eigenvalue weighted by Gasteiger charge is 2.35. The molecule has 0 spiro atoms. The number of nitrogens with two attached hydrogens (primary N) is 1. The standard InChI is InChI=1S/C17H30N6/c1-17(2,3)6-8-20-14-9-15(22-16(18)21-14)23-10-12-5-4-7-19-13(12)11-23/h9,12-13,19H,4-8,10-11H2,1-3H3,(H3,18,20,21,22)/t12-,13+/m1/s1. The zero-order valence-corrected chi connectivity index (χ0v) is 14.6. The highest BCUT2D eigenvalue weighted by atomic mass is 15.3. The van der Waals surface area contributed by atoms with Crippen molar-refractivity contribution in [3.63, 3.8) is 0 Å². The van der Waals surface area contributed by atoms with Crippen molar-refractivity contribution in [3.05, 3.63) is 6.07 Å². The van der Waals surface area contributed by atoms with E-state index in [-0.39, 0.29) is 0 Å². The lowest BCUT2D eigenvalue weighted by molar-refractivity contribution is 0.340. The van der Waals surface area contributed by atoms with Gasteiger partial charge < -0.3 is 21.3 Å². The predicted molar refractivity (Wildman–Crippen MR) is 95.7 cm³/mol. The molecule has 2 atom stereocenters. The van der Waals surface area contributed by atoms with Gasteiger partial charge in [0.25, 0.3) is 0 Å². The van der Waals surface area contributed by atoms with Gasteiger partial charge in [0.05, 0.1) is 0 Å². The van der Waals surface area contributed by atoms with E-state index < -0.39 is 0 Å². The zero-order valence-electron chi connectivity index (χ0n) is 14.6. The monoisotopic (exact) mass is 318 g/mol. The maximum atomic E-state index is 5.93. The molecule has 0 unspecified atom stereocenters. The molecule has 0 aromatic carbocycles. The van der Waals surface area contributed by atoms with Crippen LogP contribution >= 0.6 is 0 Å². The van der Waals surface area contributed by atoms with E-state index in [1.165, 1.54) is 12.8 Å². The smallest absolute Gasteiger partial charge is 0.223 e. The first-order valence-electron chi connectivity index (χ1n) is 8.77. The second-order valence-corrected chi connectivity index (χ2v) is 8.07. The topological polar surface area (TPSA) is 79.1 Å². The third-order valence-corrected chi connectivity index (χ3v) is 4.83. The molecule has 2 saturated heterocycles. The summed E-state index contributed by atoms with van der Waals surface area (Å²) in [7, 11) is 0. The van der Waals surface area contributed by atoms with E-state index in [0.29, 0.717) is 17.4 Å². The van der Waals surface area contributed by atoms with Crippen molar-refractivity contribution in [2.75, 3.05) is 42.1 Å². The number of hydrogen-bond donors (Lipinski definition) is 3. The van der Waals surface area contributed by atoms with Crippen LogP contribution in [-0.4, -0.2) is 42.2 Å². The summed E-state index contributed by atoms with van der Waals surface area (Å²) in [6, 6.07) is 2.63. The summed E-state index contributed by atoms with van der Waals surface area (Å²) in [5.41, 5.74) is 6.24. The first-order valence-corrected chi connectivity index (χ1v) is 8.77. The molecule has 0 aliphatic carbocycles. The molecular weight excluding hydrogens is 288 g/mol. The van der Waals surface area contributed by atoms with Gasteiger partial charge in [-0.15, -0.1) is 0 Å². The summed E-state index contributed by atoms with van der Waals surface area (Å²) in [4.78, 5) is 11.1. The van der Waals surface area contributed by atoms with Crippen LogP contribution in [0.25, 0.3) is 0 Å². The molecule has 0 radical (unpaired) electrons. The summed E-state index contributed by atoms with van der Waals surface area (Å²) >= 11 is 0. The fourth-order valence-electron chi connectivity index (χ4n) is 3.50. The Morgan fingerprint density at radius 2 is 2.17 bits per heavy atom. The maximum Gasteiger partial charge on any atom is 0.223 e. The lowest BCUT2D eigenvalue weighted by atomic mass is 9.92. The van der Waals surface area contributed by atoms with Gasteiger partial charge in [0.1, 0.15) is 11.6 Å². The van der Waals surface area contributed by atoms with E-state index in [1.54, 1.807) is 0 Å². The molecule has 3 heterocycles. The van der Waals surface area contributed by atoms with E-state index in [9.17, 15) is 0 Å². The number of nitrogens with one attached hydrogen (secondary N) is 2. The first kappa shape index (κ1) is 16.3. The van der Waals surface area contributed by atoms with Gasteiger partial charge in [-0.25, -0.2) is 0 Å². The third kappa shape index (κ3) is 4.25. The Balaban J connectivity index is 1.66. The molecule has 2 aliphatic rings. The quantitative estimate of drug-likeness (QED) is 0.789. The predicted octanol–water partition coefficient (Wildman–Crippen LogP) is 2.10. The Kier molecular flexibility index (Phi) is 4.62. The van der Waals surface area contributed by atoms with Crippen LogP contribution in [-0.2, 0) is 0 Å². The normalized spacial score (nSPS) is 24.6. The number of nitrogens with zero attached hydrogens (tertiary/aromatic N) is 3. The average molecular weight is 318 g/mol. The Morgan fingerprint density at radius 1 is 1.35 bits per heavy atom. The highest BCUT2D eigenvalue weighted by Crippen LogP contribution is 2.29. The Bertz CT molecular complexity index is 524. The molecule has 3 rings (SSSR count). The average Bonchev–Trinajstić information content (AvgIpc) is 2.89. The summed E-state index contributed by atoms with van der Waals surface area (Å²) in [6.07, 6.45) is 3.68. The minimum Gasteiger partial charge on any atom is -0.370 e. The van der Waals surface area contributed by atoms with Crippen LogP contribution in [0.5, 0.6) is 0 Å². The van der Waals surface area contributed by atoms with Crippen LogP contribution in [0.4, 0.5) is 17.6 Å². The van der Waals surface area contributed by atoms with Crippen molar-refractivity contribution < 1.29 is 0 Å². The summed E-state index contributed by atoms with van der Waals surface area (Å²) < 4.78 is 0. The van der Waals surface area contributed by atoms with Gasteiger partial charge in [-0.05, 0) is 37.1 Å². The molecule has 128 valence electrons. The van der Waals surface area contributed by atoms with Crippen molar-refractivity contribution >= 4 is 17.6 Å². The van der Waals surface area contributed by atoms with Gasteiger partial charge in [0, 0.05) is 31.7 Å². The van der Waals surface area contributed by atoms with Crippen molar-refractivity contribution in [1.82, 2.24) is 15.3 Å². The molecule has 23 heavy (non-hydrogen) atoms. The van der Waals surface area contributed by atoms with Gasteiger partial charge >= 0.3 is 0 Å². The maximum absolute atomic E-state index is 5.93. The summed E-state index contributed by atoms with van der Waals surface area (Å²) in [6.45, 7) is 10.8. The van der Waals surface area contributed by atoms with Gasteiger partial charge in [-0.1, -0.05) is 20.8 Å². The fraction of sp³-hybridized carbons (Fsp3) is 0.765. The number of nitrogen functional groups attached to an aromatic ring is 1. The number of aromatic nitrogens is 2. The number of piperidine rings is 1. The largest absolute Gasteiger partial charge is 0.370 e.